The summed E-state index contributed by atoms with van der Waals surface area (Å²) in [4.78, 5) is 4.37. The zero-order valence-corrected chi connectivity index (χ0v) is 12.3. The average Bonchev–Trinajstić information content (AvgIpc) is 2.95. The normalized spacial score (nSPS) is 11.4. The number of nitrogens with zero attached hydrogens (tertiary/aromatic N) is 4. The van der Waals surface area contributed by atoms with Gasteiger partial charge in [-0.2, -0.15) is 0 Å². The van der Waals surface area contributed by atoms with Crippen molar-refractivity contribution in [3.63, 3.8) is 0 Å². The van der Waals surface area contributed by atoms with E-state index in [0.717, 1.165) is 35.4 Å². The summed E-state index contributed by atoms with van der Waals surface area (Å²) in [7, 11) is 0. The smallest absolute Gasteiger partial charge is 0.0969 e. The SMILES string of the molecule is CC(C)CNCc1cn(-c2cccc3ncccc23)nn1. The van der Waals surface area contributed by atoms with E-state index in [-0.39, 0.29) is 0 Å². The molecule has 2 heterocycles. The molecule has 1 N–H and O–H groups in total. The lowest BCUT2D eigenvalue weighted by atomic mass is 10.2. The third kappa shape index (κ3) is 3.08. The Kier molecular flexibility index (Phi) is 3.92. The van der Waals surface area contributed by atoms with Crippen molar-refractivity contribution in [3.8, 4) is 5.69 Å². The minimum absolute atomic E-state index is 0.629. The molecule has 0 saturated carbocycles. The van der Waals surface area contributed by atoms with Gasteiger partial charge in [0.2, 0.25) is 0 Å². The highest BCUT2D eigenvalue weighted by atomic mass is 15.4. The molecule has 2 aromatic heterocycles. The van der Waals surface area contributed by atoms with Crippen LogP contribution in [0.4, 0.5) is 0 Å². The van der Waals surface area contributed by atoms with Gasteiger partial charge in [0.05, 0.1) is 23.1 Å². The van der Waals surface area contributed by atoms with Gasteiger partial charge in [0.25, 0.3) is 0 Å². The standard InChI is InChI=1S/C16H19N5/c1-12(2)9-17-10-13-11-21(20-19-13)16-7-3-6-15-14(16)5-4-8-18-15/h3-8,11-12,17H,9-10H2,1-2H3. The molecule has 1 aromatic carbocycles. The Morgan fingerprint density at radius 1 is 1.19 bits per heavy atom. The summed E-state index contributed by atoms with van der Waals surface area (Å²) in [5, 5.41) is 12.9. The minimum Gasteiger partial charge on any atom is -0.311 e. The van der Waals surface area contributed by atoms with Gasteiger partial charge in [0.15, 0.2) is 0 Å². The molecule has 0 radical (unpaired) electrons. The van der Waals surface area contributed by atoms with Gasteiger partial charge in [0, 0.05) is 18.1 Å². The van der Waals surface area contributed by atoms with Crippen molar-refractivity contribution < 1.29 is 0 Å². The van der Waals surface area contributed by atoms with E-state index in [9.17, 15) is 0 Å². The maximum Gasteiger partial charge on any atom is 0.0969 e. The summed E-state index contributed by atoms with van der Waals surface area (Å²) >= 11 is 0. The summed E-state index contributed by atoms with van der Waals surface area (Å²) in [5.74, 6) is 0.629. The molecule has 5 heteroatoms. The molecule has 0 amide bonds. The van der Waals surface area contributed by atoms with Gasteiger partial charge in [-0.05, 0) is 36.7 Å². The number of aromatic nitrogens is 4. The number of benzene rings is 1. The monoisotopic (exact) mass is 281 g/mol. The minimum atomic E-state index is 0.629. The molecule has 0 saturated heterocycles. The average molecular weight is 281 g/mol. The Hall–Kier alpha value is -2.27. The van der Waals surface area contributed by atoms with Crippen molar-refractivity contribution in [2.45, 2.75) is 20.4 Å². The molecule has 0 unspecified atom stereocenters. The maximum absolute atomic E-state index is 4.37. The van der Waals surface area contributed by atoms with E-state index in [0.29, 0.717) is 5.92 Å². The van der Waals surface area contributed by atoms with Crippen molar-refractivity contribution in [1.29, 1.82) is 0 Å². The lowest BCUT2D eigenvalue weighted by molar-refractivity contribution is 0.548. The molecule has 0 atom stereocenters. The van der Waals surface area contributed by atoms with E-state index < -0.39 is 0 Å². The van der Waals surface area contributed by atoms with Crippen molar-refractivity contribution in [3.05, 3.63) is 48.4 Å². The van der Waals surface area contributed by atoms with Gasteiger partial charge in [-0.15, -0.1) is 5.10 Å². The molecule has 3 aromatic rings. The van der Waals surface area contributed by atoms with E-state index in [1.54, 1.807) is 6.20 Å². The molecule has 0 aliphatic rings. The first-order valence-electron chi connectivity index (χ1n) is 7.20. The highest BCUT2D eigenvalue weighted by Crippen LogP contribution is 2.19. The van der Waals surface area contributed by atoms with E-state index in [1.165, 1.54) is 0 Å². The summed E-state index contributed by atoms with van der Waals surface area (Å²) in [5.41, 5.74) is 2.91. The number of hydrogen-bond donors (Lipinski definition) is 1. The molecular weight excluding hydrogens is 262 g/mol. The van der Waals surface area contributed by atoms with Crippen molar-refractivity contribution >= 4 is 10.9 Å². The molecule has 0 aliphatic heterocycles. The van der Waals surface area contributed by atoms with Crippen LogP contribution in [0.15, 0.2) is 42.7 Å². The summed E-state index contributed by atoms with van der Waals surface area (Å²) < 4.78 is 1.82. The molecule has 3 rings (SSSR count). The van der Waals surface area contributed by atoms with Crippen LogP contribution in [0.2, 0.25) is 0 Å². The van der Waals surface area contributed by atoms with Crippen molar-refractivity contribution in [2.75, 3.05) is 6.54 Å². The Morgan fingerprint density at radius 2 is 2.10 bits per heavy atom. The predicted octanol–water partition coefficient (Wildman–Crippen LogP) is 2.56. The van der Waals surface area contributed by atoms with Crippen LogP contribution < -0.4 is 5.32 Å². The molecule has 21 heavy (non-hydrogen) atoms. The van der Waals surface area contributed by atoms with E-state index in [2.05, 4.69) is 40.5 Å². The van der Waals surface area contributed by atoms with Crippen molar-refractivity contribution in [2.24, 2.45) is 5.92 Å². The Bertz CT molecular complexity index is 727. The van der Waals surface area contributed by atoms with Gasteiger partial charge in [0.1, 0.15) is 0 Å². The molecule has 0 bridgehead atoms. The number of rotatable bonds is 5. The van der Waals surface area contributed by atoms with Gasteiger partial charge >= 0.3 is 0 Å². The van der Waals surface area contributed by atoms with Gasteiger partial charge in [-0.25, -0.2) is 4.68 Å². The van der Waals surface area contributed by atoms with Crippen LogP contribution >= 0.6 is 0 Å². The maximum atomic E-state index is 4.37. The Balaban J connectivity index is 1.85. The van der Waals surface area contributed by atoms with Gasteiger partial charge < -0.3 is 5.32 Å². The fourth-order valence-electron chi connectivity index (χ4n) is 2.27. The highest BCUT2D eigenvalue weighted by Gasteiger charge is 2.06. The molecule has 5 nitrogen and oxygen atoms in total. The van der Waals surface area contributed by atoms with Crippen LogP contribution in [0.25, 0.3) is 16.6 Å². The van der Waals surface area contributed by atoms with Crippen LogP contribution in [-0.2, 0) is 6.54 Å². The van der Waals surface area contributed by atoms with Gasteiger partial charge in [-0.1, -0.05) is 25.1 Å². The third-order valence-electron chi connectivity index (χ3n) is 3.27. The number of nitrogens with one attached hydrogen (secondary N) is 1. The fraction of sp³-hybridized carbons (Fsp3) is 0.312. The summed E-state index contributed by atoms with van der Waals surface area (Å²) in [6, 6.07) is 10.0. The topological polar surface area (TPSA) is 55.6 Å². The quantitative estimate of drug-likeness (QED) is 0.781. The molecule has 0 aliphatic carbocycles. The van der Waals surface area contributed by atoms with Crippen molar-refractivity contribution in [1.82, 2.24) is 25.3 Å². The highest BCUT2D eigenvalue weighted by molar-refractivity contribution is 5.86. The van der Waals surface area contributed by atoms with Crippen LogP contribution in [0.1, 0.15) is 19.5 Å². The van der Waals surface area contributed by atoms with Crippen LogP contribution in [0.3, 0.4) is 0 Å². The number of fused-ring (bicyclic) bond motifs is 1. The first kappa shape index (κ1) is 13.7. The summed E-state index contributed by atoms with van der Waals surface area (Å²) in [6.07, 6.45) is 3.77. The second-order valence-electron chi connectivity index (χ2n) is 5.53. The first-order chi connectivity index (χ1) is 10.2. The zero-order chi connectivity index (χ0) is 14.7. The number of hydrogen-bond acceptors (Lipinski definition) is 4. The van der Waals surface area contributed by atoms with Crippen LogP contribution in [0.5, 0.6) is 0 Å². The largest absolute Gasteiger partial charge is 0.311 e. The summed E-state index contributed by atoms with van der Waals surface area (Å²) in [6.45, 7) is 6.09. The van der Waals surface area contributed by atoms with E-state index in [4.69, 9.17) is 0 Å². The van der Waals surface area contributed by atoms with E-state index in [1.807, 2.05) is 35.1 Å². The molecular formula is C16H19N5. The lowest BCUT2D eigenvalue weighted by Gasteiger charge is -2.05. The Labute approximate surface area is 124 Å². The van der Waals surface area contributed by atoms with Crippen LogP contribution in [-0.4, -0.2) is 26.5 Å². The van der Waals surface area contributed by atoms with Gasteiger partial charge in [-0.3, -0.25) is 4.98 Å². The molecule has 0 fully saturated rings. The first-order valence-corrected chi connectivity index (χ1v) is 7.20. The predicted molar refractivity (Wildman–Crippen MR) is 83.2 cm³/mol. The number of pyridine rings is 1. The second-order valence-corrected chi connectivity index (χ2v) is 5.53. The van der Waals surface area contributed by atoms with E-state index >= 15 is 0 Å². The molecule has 108 valence electrons. The lowest BCUT2D eigenvalue weighted by Crippen LogP contribution is -2.19. The second kappa shape index (κ2) is 6.01. The third-order valence-corrected chi connectivity index (χ3v) is 3.27. The van der Waals surface area contributed by atoms with Crippen LogP contribution in [0, 0.1) is 5.92 Å². The fourth-order valence-corrected chi connectivity index (χ4v) is 2.27. The Morgan fingerprint density at radius 3 is 2.95 bits per heavy atom. The molecule has 0 spiro atoms. The zero-order valence-electron chi connectivity index (χ0n) is 12.3.